The Morgan fingerprint density at radius 2 is 1.47 bits per heavy atom. The fourth-order valence-corrected chi connectivity index (χ4v) is 2.91. The molecule has 2 unspecified atom stereocenters. The number of nitriles is 1. The number of nitrogens with one attached hydrogen (secondary N) is 1. The first kappa shape index (κ1) is 14.5. The molecule has 98 valence electrons. The Bertz CT molecular complexity index is 228. The van der Waals surface area contributed by atoms with Crippen LogP contribution in [0.25, 0.3) is 0 Å². The lowest BCUT2D eigenvalue weighted by Crippen LogP contribution is -2.40. The van der Waals surface area contributed by atoms with Crippen LogP contribution in [0.4, 0.5) is 0 Å². The van der Waals surface area contributed by atoms with Gasteiger partial charge in [-0.2, -0.15) is 5.26 Å². The predicted octanol–water partition coefficient (Wildman–Crippen LogP) is 3.59. The van der Waals surface area contributed by atoms with Gasteiger partial charge in [-0.3, -0.25) is 0 Å². The summed E-state index contributed by atoms with van der Waals surface area (Å²) in [6, 6.07) is 2.36. The van der Waals surface area contributed by atoms with E-state index in [1.165, 1.54) is 32.1 Å². The Labute approximate surface area is 107 Å². The summed E-state index contributed by atoms with van der Waals surface area (Å²) in [5, 5.41) is 12.1. The molecule has 0 bridgehead atoms. The van der Waals surface area contributed by atoms with Gasteiger partial charge >= 0.3 is 0 Å². The van der Waals surface area contributed by atoms with Crippen LogP contribution in [0.15, 0.2) is 0 Å². The van der Waals surface area contributed by atoms with Crippen LogP contribution in [0.5, 0.6) is 0 Å². The SMILES string of the molecule is CC1CCCCC1.CC1CNCC(C)C1C#N. The van der Waals surface area contributed by atoms with Crippen molar-refractivity contribution in [3.8, 4) is 6.07 Å². The fourth-order valence-electron chi connectivity index (χ4n) is 2.91. The molecule has 2 aliphatic rings. The van der Waals surface area contributed by atoms with Gasteiger partial charge in [0.05, 0.1) is 12.0 Å². The molecule has 0 amide bonds. The van der Waals surface area contributed by atoms with Crippen molar-refractivity contribution >= 4 is 0 Å². The second-order valence-electron chi connectivity index (χ2n) is 6.01. The van der Waals surface area contributed by atoms with Crippen molar-refractivity contribution in [2.24, 2.45) is 23.7 Å². The van der Waals surface area contributed by atoms with Crippen LogP contribution in [0.2, 0.25) is 0 Å². The Morgan fingerprint density at radius 1 is 0.941 bits per heavy atom. The van der Waals surface area contributed by atoms with Crippen LogP contribution in [0.3, 0.4) is 0 Å². The van der Waals surface area contributed by atoms with Gasteiger partial charge in [-0.15, -0.1) is 0 Å². The highest BCUT2D eigenvalue weighted by Gasteiger charge is 2.26. The van der Waals surface area contributed by atoms with Crippen molar-refractivity contribution in [1.82, 2.24) is 5.32 Å². The summed E-state index contributed by atoms with van der Waals surface area (Å²) in [4.78, 5) is 0. The normalized spacial score (nSPS) is 34.4. The van der Waals surface area contributed by atoms with Gasteiger partial charge in [-0.25, -0.2) is 0 Å². The summed E-state index contributed by atoms with van der Waals surface area (Å²) in [7, 11) is 0. The van der Waals surface area contributed by atoms with Crippen LogP contribution in [0.1, 0.15) is 52.9 Å². The van der Waals surface area contributed by atoms with E-state index in [9.17, 15) is 0 Å². The van der Waals surface area contributed by atoms with Gasteiger partial charge in [0.1, 0.15) is 0 Å². The maximum Gasteiger partial charge on any atom is 0.0662 e. The fraction of sp³-hybridized carbons (Fsp3) is 0.933. The van der Waals surface area contributed by atoms with E-state index in [1.54, 1.807) is 0 Å². The molecule has 1 aliphatic heterocycles. The first-order valence-corrected chi connectivity index (χ1v) is 7.25. The average Bonchev–Trinajstić information content (AvgIpc) is 2.31. The van der Waals surface area contributed by atoms with E-state index in [-0.39, 0.29) is 5.92 Å². The van der Waals surface area contributed by atoms with E-state index in [4.69, 9.17) is 5.26 Å². The molecular weight excluding hydrogens is 208 g/mol. The molecule has 2 fully saturated rings. The lowest BCUT2D eigenvalue weighted by molar-refractivity contribution is 0.250. The summed E-state index contributed by atoms with van der Waals surface area (Å²) in [6.45, 7) is 8.64. The Hall–Kier alpha value is -0.550. The molecule has 0 aromatic heterocycles. The molecule has 1 saturated heterocycles. The molecule has 1 saturated carbocycles. The molecule has 0 aromatic rings. The minimum Gasteiger partial charge on any atom is -0.316 e. The summed E-state index contributed by atoms with van der Waals surface area (Å²) in [5.41, 5.74) is 0. The second kappa shape index (κ2) is 7.71. The van der Waals surface area contributed by atoms with Gasteiger partial charge in [0.25, 0.3) is 0 Å². The molecule has 1 heterocycles. The Kier molecular flexibility index (Phi) is 6.58. The number of nitrogens with zero attached hydrogens (tertiary/aromatic N) is 1. The van der Waals surface area contributed by atoms with Gasteiger partial charge in [0, 0.05) is 0 Å². The van der Waals surface area contributed by atoms with E-state index in [0.717, 1.165) is 19.0 Å². The molecule has 2 atom stereocenters. The first-order chi connectivity index (χ1) is 8.15. The summed E-state index contributed by atoms with van der Waals surface area (Å²) < 4.78 is 0. The zero-order chi connectivity index (χ0) is 12.7. The molecule has 2 nitrogen and oxygen atoms in total. The molecule has 0 radical (unpaired) electrons. The number of piperidine rings is 1. The number of hydrogen-bond donors (Lipinski definition) is 1. The highest BCUT2D eigenvalue weighted by molar-refractivity contribution is 4.94. The first-order valence-electron chi connectivity index (χ1n) is 7.25. The van der Waals surface area contributed by atoms with Crippen LogP contribution < -0.4 is 5.32 Å². The minimum absolute atomic E-state index is 0.265. The second-order valence-corrected chi connectivity index (χ2v) is 6.01. The molecule has 2 rings (SSSR count). The molecule has 1 N–H and O–H groups in total. The maximum atomic E-state index is 8.75. The third kappa shape index (κ3) is 5.08. The monoisotopic (exact) mass is 236 g/mol. The van der Waals surface area contributed by atoms with Crippen molar-refractivity contribution in [3.05, 3.63) is 0 Å². The largest absolute Gasteiger partial charge is 0.316 e. The predicted molar refractivity (Wildman–Crippen MR) is 72.5 cm³/mol. The molecule has 2 heteroatoms. The van der Waals surface area contributed by atoms with Crippen LogP contribution in [0, 0.1) is 35.0 Å². The van der Waals surface area contributed by atoms with Gasteiger partial charge in [0.2, 0.25) is 0 Å². The maximum absolute atomic E-state index is 8.75. The average molecular weight is 236 g/mol. The van der Waals surface area contributed by atoms with Crippen molar-refractivity contribution < 1.29 is 0 Å². The molecule has 17 heavy (non-hydrogen) atoms. The van der Waals surface area contributed by atoms with Gasteiger partial charge in [-0.1, -0.05) is 52.9 Å². The lowest BCUT2D eigenvalue weighted by Gasteiger charge is -2.29. The summed E-state index contributed by atoms with van der Waals surface area (Å²) in [5.74, 6) is 2.34. The molecular formula is C15H28N2. The van der Waals surface area contributed by atoms with Crippen molar-refractivity contribution in [3.63, 3.8) is 0 Å². The zero-order valence-electron chi connectivity index (χ0n) is 11.7. The molecule has 1 aliphatic carbocycles. The topological polar surface area (TPSA) is 35.8 Å². The third-order valence-corrected chi connectivity index (χ3v) is 4.20. The lowest BCUT2D eigenvalue weighted by atomic mass is 9.82. The number of rotatable bonds is 0. The quantitative estimate of drug-likeness (QED) is 0.697. The standard InChI is InChI=1S/C8H14N2.C7H14/c1-6-4-10-5-7(2)8(6)3-9;1-7-5-3-2-4-6-7/h6-8,10H,4-5H2,1-2H3;7H,2-6H2,1H3. The van der Waals surface area contributed by atoms with E-state index >= 15 is 0 Å². The van der Waals surface area contributed by atoms with Crippen molar-refractivity contribution in [1.29, 1.82) is 5.26 Å². The van der Waals surface area contributed by atoms with Crippen molar-refractivity contribution in [2.45, 2.75) is 52.9 Å². The minimum atomic E-state index is 0.265. The molecule has 0 spiro atoms. The third-order valence-electron chi connectivity index (χ3n) is 4.20. The summed E-state index contributed by atoms with van der Waals surface area (Å²) in [6.07, 6.45) is 7.44. The smallest absolute Gasteiger partial charge is 0.0662 e. The van der Waals surface area contributed by atoms with E-state index in [1.807, 2.05) is 0 Å². The summed E-state index contributed by atoms with van der Waals surface area (Å²) >= 11 is 0. The van der Waals surface area contributed by atoms with Gasteiger partial charge < -0.3 is 5.32 Å². The van der Waals surface area contributed by atoms with Crippen LogP contribution in [-0.4, -0.2) is 13.1 Å². The highest BCUT2D eigenvalue weighted by Crippen LogP contribution is 2.23. The molecule has 0 aromatic carbocycles. The Balaban J connectivity index is 0.000000181. The van der Waals surface area contributed by atoms with Crippen LogP contribution in [-0.2, 0) is 0 Å². The van der Waals surface area contributed by atoms with E-state index in [2.05, 4.69) is 32.2 Å². The van der Waals surface area contributed by atoms with Gasteiger partial charge in [-0.05, 0) is 30.8 Å². The van der Waals surface area contributed by atoms with E-state index in [0.29, 0.717) is 11.8 Å². The Morgan fingerprint density at radius 3 is 1.76 bits per heavy atom. The number of hydrogen-bond acceptors (Lipinski definition) is 2. The van der Waals surface area contributed by atoms with Crippen molar-refractivity contribution in [2.75, 3.05) is 13.1 Å². The zero-order valence-corrected chi connectivity index (χ0v) is 11.7. The van der Waals surface area contributed by atoms with E-state index < -0.39 is 0 Å². The van der Waals surface area contributed by atoms with Crippen LogP contribution >= 0.6 is 0 Å². The highest BCUT2D eigenvalue weighted by atomic mass is 14.9. The van der Waals surface area contributed by atoms with Gasteiger partial charge in [0.15, 0.2) is 0 Å².